The lowest BCUT2D eigenvalue weighted by atomic mass is 9.99. The van der Waals surface area contributed by atoms with Crippen molar-refractivity contribution in [3.05, 3.63) is 52.5 Å². The predicted octanol–water partition coefficient (Wildman–Crippen LogP) is 2.60. The van der Waals surface area contributed by atoms with Crippen molar-refractivity contribution in [2.75, 3.05) is 24.4 Å². The molecule has 1 aromatic carbocycles. The van der Waals surface area contributed by atoms with Crippen LogP contribution in [0, 0.1) is 11.7 Å². The zero-order valence-corrected chi connectivity index (χ0v) is 16.6. The molecule has 0 spiro atoms. The summed E-state index contributed by atoms with van der Waals surface area (Å²) in [6.07, 6.45) is 1.27. The molecule has 2 aromatic rings. The fourth-order valence-electron chi connectivity index (χ4n) is 3.06. The van der Waals surface area contributed by atoms with E-state index in [0.717, 1.165) is 9.18 Å². The van der Waals surface area contributed by atoms with Gasteiger partial charge in [0.15, 0.2) is 0 Å². The molecule has 1 saturated heterocycles. The highest BCUT2D eigenvalue weighted by molar-refractivity contribution is 7.90. The van der Waals surface area contributed by atoms with Gasteiger partial charge < -0.3 is 5.32 Å². The van der Waals surface area contributed by atoms with Crippen molar-refractivity contribution in [1.82, 2.24) is 9.62 Å². The minimum absolute atomic E-state index is 0.132. The first kappa shape index (κ1) is 19.8. The van der Waals surface area contributed by atoms with Gasteiger partial charge in [-0.2, -0.15) is 12.7 Å². The molecule has 1 aromatic heterocycles. The van der Waals surface area contributed by atoms with E-state index in [9.17, 15) is 17.6 Å². The van der Waals surface area contributed by atoms with Crippen molar-refractivity contribution in [3.8, 4) is 0 Å². The number of piperidine rings is 1. The fourth-order valence-corrected chi connectivity index (χ4v) is 5.16. The van der Waals surface area contributed by atoms with E-state index in [0.29, 0.717) is 31.6 Å². The van der Waals surface area contributed by atoms with Crippen LogP contribution in [0.5, 0.6) is 0 Å². The van der Waals surface area contributed by atoms with Crippen LogP contribution in [-0.4, -0.2) is 38.8 Å². The average molecular weight is 412 g/mol. The van der Waals surface area contributed by atoms with Crippen LogP contribution in [0.25, 0.3) is 0 Å². The standard InChI is InChI=1S/C18H22FN3O3S2/c1-21(16-8-6-15(19)7-9-16)27(24,25)22-10-2-4-14(13-22)18(23)20-12-17-5-3-11-26-17/h3,5-9,11,14H,2,4,10,12-13H2,1H3,(H,20,23). The zero-order valence-electron chi connectivity index (χ0n) is 15.0. The summed E-state index contributed by atoms with van der Waals surface area (Å²) < 4.78 is 41.4. The summed E-state index contributed by atoms with van der Waals surface area (Å²) in [5, 5.41) is 4.83. The van der Waals surface area contributed by atoms with Gasteiger partial charge in [-0.05, 0) is 48.6 Å². The van der Waals surface area contributed by atoms with Gasteiger partial charge in [-0.1, -0.05) is 6.07 Å². The fraction of sp³-hybridized carbons (Fsp3) is 0.389. The van der Waals surface area contributed by atoms with Gasteiger partial charge >= 0.3 is 10.2 Å². The number of carbonyl (C=O) groups is 1. The van der Waals surface area contributed by atoms with Crippen molar-refractivity contribution >= 4 is 33.1 Å². The maximum Gasteiger partial charge on any atom is 0.303 e. The minimum Gasteiger partial charge on any atom is -0.351 e. The molecule has 146 valence electrons. The summed E-state index contributed by atoms with van der Waals surface area (Å²) in [6.45, 7) is 0.960. The van der Waals surface area contributed by atoms with Crippen LogP contribution >= 0.6 is 11.3 Å². The molecule has 1 atom stereocenters. The molecule has 27 heavy (non-hydrogen) atoms. The average Bonchev–Trinajstić information content (AvgIpc) is 3.20. The molecule has 3 rings (SSSR count). The number of amides is 1. The Morgan fingerprint density at radius 1 is 1.33 bits per heavy atom. The largest absolute Gasteiger partial charge is 0.351 e. The van der Waals surface area contributed by atoms with Gasteiger partial charge in [0.25, 0.3) is 0 Å². The number of halogens is 1. The summed E-state index contributed by atoms with van der Waals surface area (Å²) in [4.78, 5) is 13.5. The molecule has 9 heteroatoms. The smallest absolute Gasteiger partial charge is 0.303 e. The van der Waals surface area contributed by atoms with Gasteiger partial charge in [-0.25, -0.2) is 4.39 Å². The van der Waals surface area contributed by atoms with Crippen LogP contribution in [0.15, 0.2) is 41.8 Å². The number of nitrogens with one attached hydrogen (secondary N) is 1. The summed E-state index contributed by atoms with van der Waals surface area (Å²) in [6, 6.07) is 9.15. The Balaban J connectivity index is 1.65. The second-order valence-electron chi connectivity index (χ2n) is 6.45. The maximum absolute atomic E-state index is 13.1. The quantitative estimate of drug-likeness (QED) is 0.794. The van der Waals surface area contributed by atoms with Crippen molar-refractivity contribution < 1.29 is 17.6 Å². The van der Waals surface area contributed by atoms with Crippen LogP contribution in [-0.2, 0) is 21.5 Å². The molecule has 0 radical (unpaired) electrons. The molecule has 1 aliphatic rings. The molecule has 0 bridgehead atoms. The minimum atomic E-state index is -3.79. The van der Waals surface area contributed by atoms with Crippen molar-refractivity contribution in [2.45, 2.75) is 19.4 Å². The summed E-state index contributed by atoms with van der Waals surface area (Å²) in [5.41, 5.74) is 0.376. The van der Waals surface area contributed by atoms with E-state index >= 15 is 0 Å². The van der Waals surface area contributed by atoms with Crippen molar-refractivity contribution in [2.24, 2.45) is 5.92 Å². The normalized spacial score (nSPS) is 18.2. The van der Waals surface area contributed by atoms with E-state index in [1.165, 1.54) is 35.6 Å². The third-order valence-corrected chi connectivity index (χ3v) is 7.40. The van der Waals surface area contributed by atoms with Gasteiger partial charge in [0.05, 0.1) is 18.2 Å². The van der Waals surface area contributed by atoms with E-state index in [4.69, 9.17) is 0 Å². The molecule has 0 saturated carbocycles. The number of rotatable bonds is 6. The van der Waals surface area contributed by atoms with Crippen LogP contribution in [0.1, 0.15) is 17.7 Å². The van der Waals surface area contributed by atoms with Gasteiger partial charge in [0.2, 0.25) is 5.91 Å². The lowest BCUT2D eigenvalue weighted by Crippen LogP contribution is -2.49. The highest BCUT2D eigenvalue weighted by Crippen LogP contribution is 2.24. The van der Waals surface area contributed by atoms with E-state index in [1.54, 1.807) is 11.3 Å². The van der Waals surface area contributed by atoms with Gasteiger partial charge in [-0.15, -0.1) is 11.3 Å². The Hall–Kier alpha value is -1.97. The van der Waals surface area contributed by atoms with Crippen LogP contribution < -0.4 is 9.62 Å². The third-order valence-electron chi connectivity index (χ3n) is 4.63. The van der Waals surface area contributed by atoms with E-state index < -0.39 is 16.0 Å². The lowest BCUT2D eigenvalue weighted by molar-refractivity contribution is -0.126. The van der Waals surface area contributed by atoms with E-state index in [-0.39, 0.29) is 18.4 Å². The van der Waals surface area contributed by atoms with Gasteiger partial charge in [-0.3, -0.25) is 9.10 Å². The first-order chi connectivity index (χ1) is 12.9. The first-order valence-electron chi connectivity index (χ1n) is 8.67. The number of benzene rings is 1. The molecular weight excluding hydrogens is 389 g/mol. The highest BCUT2D eigenvalue weighted by atomic mass is 32.2. The molecule has 0 aliphatic carbocycles. The van der Waals surface area contributed by atoms with E-state index in [2.05, 4.69) is 5.32 Å². The van der Waals surface area contributed by atoms with Crippen molar-refractivity contribution in [1.29, 1.82) is 0 Å². The Bertz CT molecular complexity index is 870. The highest BCUT2D eigenvalue weighted by Gasteiger charge is 2.34. The third kappa shape index (κ3) is 4.66. The number of anilines is 1. The first-order valence-corrected chi connectivity index (χ1v) is 11.0. The number of hydrogen-bond donors (Lipinski definition) is 1. The molecule has 1 amide bonds. The summed E-state index contributed by atoms with van der Waals surface area (Å²) in [7, 11) is -2.35. The zero-order chi connectivity index (χ0) is 19.4. The molecule has 1 fully saturated rings. The maximum atomic E-state index is 13.1. The number of hydrogen-bond acceptors (Lipinski definition) is 4. The van der Waals surface area contributed by atoms with Crippen LogP contribution in [0.2, 0.25) is 0 Å². The number of carbonyl (C=O) groups excluding carboxylic acids is 1. The van der Waals surface area contributed by atoms with Crippen molar-refractivity contribution in [3.63, 3.8) is 0 Å². The lowest BCUT2D eigenvalue weighted by Gasteiger charge is -2.34. The van der Waals surface area contributed by atoms with Gasteiger partial charge in [0, 0.05) is 25.0 Å². The second-order valence-corrected chi connectivity index (χ2v) is 9.44. The summed E-state index contributed by atoms with van der Waals surface area (Å²) >= 11 is 1.56. The van der Waals surface area contributed by atoms with E-state index in [1.807, 2.05) is 17.5 Å². The topological polar surface area (TPSA) is 69.7 Å². The molecule has 1 aliphatic heterocycles. The number of nitrogens with zero attached hydrogens (tertiary/aromatic N) is 2. The number of thiophene rings is 1. The van der Waals surface area contributed by atoms with Crippen LogP contribution in [0.4, 0.5) is 10.1 Å². The van der Waals surface area contributed by atoms with Crippen LogP contribution in [0.3, 0.4) is 0 Å². The molecule has 2 heterocycles. The molecule has 1 unspecified atom stereocenters. The Labute approximate surface area is 162 Å². The SMILES string of the molecule is CN(c1ccc(F)cc1)S(=O)(=O)N1CCCC(C(=O)NCc2cccs2)C1. The van der Waals surface area contributed by atoms with Gasteiger partial charge in [0.1, 0.15) is 5.82 Å². The second kappa shape index (κ2) is 8.37. The Morgan fingerprint density at radius 2 is 2.07 bits per heavy atom. The monoisotopic (exact) mass is 411 g/mol. The Kier molecular flexibility index (Phi) is 6.13. The summed E-state index contributed by atoms with van der Waals surface area (Å²) in [5.74, 6) is -0.937. The molecule has 1 N–H and O–H groups in total. The molecule has 6 nitrogen and oxygen atoms in total. The molecular formula is C18H22FN3O3S2. The predicted molar refractivity (Wildman–Crippen MR) is 104 cm³/mol. The Morgan fingerprint density at radius 3 is 2.74 bits per heavy atom.